The second kappa shape index (κ2) is 8.28. The van der Waals surface area contributed by atoms with Gasteiger partial charge in [-0.25, -0.2) is 14.1 Å². The van der Waals surface area contributed by atoms with Crippen LogP contribution in [0.15, 0.2) is 54.9 Å². The van der Waals surface area contributed by atoms with E-state index in [0.717, 1.165) is 34.6 Å². The van der Waals surface area contributed by atoms with E-state index >= 15 is 0 Å². The Bertz CT molecular complexity index is 1240. The lowest BCUT2D eigenvalue weighted by Gasteiger charge is -2.22. The average Bonchev–Trinajstić information content (AvgIpc) is 3.49. The van der Waals surface area contributed by atoms with Gasteiger partial charge in [0.1, 0.15) is 5.82 Å². The zero-order chi connectivity index (χ0) is 21.4. The lowest BCUT2D eigenvalue weighted by atomic mass is 10.1. The van der Waals surface area contributed by atoms with Crippen molar-refractivity contribution in [3.05, 3.63) is 71.3 Å². The van der Waals surface area contributed by atoms with Gasteiger partial charge in [-0.3, -0.25) is 4.79 Å². The summed E-state index contributed by atoms with van der Waals surface area (Å²) >= 11 is 7.58. The first-order valence-corrected chi connectivity index (χ1v) is 11.2. The summed E-state index contributed by atoms with van der Waals surface area (Å²) in [6, 6.07) is 11.6. The Morgan fingerprint density at radius 1 is 1.19 bits per heavy atom. The van der Waals surface area contributed by atoms with Crippen LogP contribution in [0.5, 0.6) is 0 Å². The maximum Gasteiger partial charge on any atom is 0.253 e. The SMILES string of the molecule is O=C(N[C@H]1CCC[C@H]1Nc1nc2ccc(F)cc2s1)c1cc(Cl)ccc1-n1cccn1. The fourth-order valence-corrected chi connectivity index (χ4v) is 5.10. The number of thiazole rings is 1. The van der Waals surface area contributed by atoms with Gasteiger partial charge in [0.15, 0.2) is 5.13 Å². The number of aromatic nitrogens is 3. The number of hydrogen-bond acceptors (Lipinski definition) is 5. The molecule has 2 aromatic carbocycles. The molecule has 6 nitrogen and oxygen atoms in total. The van der Waals surface area contributed by atoms with Gasteiger partial charge in [-0.1, -0.05) is 22.9 Å². The van der Waals surface area contributed by atoms with Gasteiger partial charge in [0.25, 0.3) is 5.91 Å². The van der Waals surface area contributed by atoms with Crippen LogP contribution in [0.4, 0.5) is 9.52 Å². The number of hydrogen-bond donors (Lipinski definition) is 2. The van der Waals surface area contributed by atoms with Gasteiger partial charge in [-0.15, -0.1) is 0 Å². The molecule has 0 bridgehead atoms. The summed E-state index contributed by atoms with van der Waals surface area (Å²) in [7, 11) is 0. The van der Waals surface area contributed by atoms with Crippen LogP contribution >= 0.6 is 22.9 Å². The normalized spacial score (nSPS) is 18.4. The van der Waals surface area contributed by atoms with Crippen molar-refractivity contribution < 1.29 is 9.18 Å². The summed E-state index contributed by atoms with van der Waals surface area (Å²) in [4.78, 5) is 17.7. The molecule has 1 aliphatic carbocycles. The molecule has 1 saturated carbocycles. The smallest absolute Gasteiger partial charge is 0.253 e. The first-order valence-electron chi connectivity index (χ1n) is 10.00. The molecule has 31 heavy (non-hydrogen) atoms. The summed E-state index contributed by atoms with van der Waals surface area (Å²) in [5, 5.41) is 12.0. The van der Waals surface area contributed by atoms with Crippen LogP contribution in [0.3, 0.4) is 0 Å². The van der Waals surface area contributed by atoms with Crippen molar-refractivity contribution in [3.8, 4) is 5.69 Å². The van der Waals surface area contributed by atoms with E-state index in [2.05, 4.69) is 20.7 Å². The number of benzene rings is 2. The van der Waals surface area contributed by atoms with E-state index in [9.17, 15) is 9.18 Å². The highest BCUT2D eigenvalue weighted by Crippen LogP contribution is 2.30. The van der Waals surface area contributed by atoms with Crippen molar-refractivity contribution in [3.63, 3.8) is 0 Å². The van der Waals surface area contributed by atoms with E-state index in [1.807, 2.05) is 0 Å². The number of carbonyl (C=O) groups is 1. The molecule has 158 valence electrons. The van der Waals surface area contributed by atoms with Crippen LogP contribution in [-0.4, -0.2) is 32.8 Å². The molecule has 0 spiro atoms. The predicted molar refractivity (Wildman–Crippen MR) is 121 cm³/mol. The summed E-state index contributed by atoms with van der Waals surface area (Å²) in [6.45, 7) is 0. The van der Waals surface area contributed by atoms with Gasteiger partial charge < -0.3 is 10.6 Å². The number of anilines is 1. The average molecular weight is 456 g/mol. The maximum absolute atomic E-state index is 13.5. The Morgan fingerprint density at radius 2 is 2.06 bits per heavy atom. The molecular weight excluding hydrogens is 437 g/mol. The molecule has 2 atom stereocenters. The fourth-order valence-electron chi connectivity index (χ4n) is 3.97. The number of amides is 1. The van der Waals surface area contributed by atoms with E-state index < -0.39 is 0 Å². The molecule has 1 fully saturated rings. The van der Waals surface area contributed by atoms with Crippen molar-refractivity contribution in [2.24, 2.45) is 0 Å². The minimum atomic E-state index is -0.275. The molecular formula is C22H19ClFN5OS. The molecule has 2 N–H and O–H groups in total. The molecule has 0 unspecified atom stereocenters. The molecule has 1 amide bonds. The Hall–Kier alpha value is -2.97. The van der Waals surface area contributed by atoms with Crippen molar-refractivity contribution in [2.45, 2.75) is 31.3 Å². The number of halogens is 2. The lowest BCUT2D eigenvalue weighted by Crippen LogP contribution is -2.43. The largest absolute Gasteiger partial charge is 0.357 e. The second-order valence-corrected chi connectivity index (χ2v) is 8.97. The van der Waals surface area contributed by atoms with Crippen LogP contribution in [-0.2, 0) is 0 Å². The Labute approximate surface area is 187 Å². The van der Waals surface area contributed by atoms with E-state index in [-0.39, 0.29) is 23.8 Å². The van der Waals surface area contributed by atoms with Crippen LogP contribution in [0.1, 0.15) is 29.6 Å². The molecule has 0 radical (unpaired) electrons. The van der Waals surface area contributed by atoms with E-state index in [0.29, 0.717) is 16.3 Å². The quantitative estimate of drug-likeness (QED) is 0.442. The third kappa shape index (κ3) is 4.13. The highest BCUT2D eigenvalue weighted by atomic mass is 35.5. The van der Waals surface area contributed by atoms with Gasteiger partial charge in [-0.2, -0.15) is 5.10 Å². The molecule has 4 aromatic rings. The van der Waals surface area contributed by atoms with Crippen LogP contribution < -0.4 is 10.6 Å². The number of carbonyl (C=O) groups excluding carboxylic acids is 1. The molecule has 2 aromatic heterocycles. The fraction of sp³-hybridized carbons (Fsp3) is 0.227. The van der Waals surface area contributed by atoms with Crippen molar-refractivity contribution in [1.29, 1.82) is 0 Å². The molecule has 0 aliphatic heterocycles. The van der Waals surface area contributed by atoms with Crippen molar-refractivity contribution in [1.82, 2.24) is 20.1 Å². The first kappa shape index (κ1) is 20.0. The van der Waals surface area contributed by atoms with Gasteiger partial charge in [-0.05, 0) is 61.7 Å². The minimum absolute atomic E-state index is 0.0432. The minimum Gasteiger partial charge on any atom is -0.357 e. The van der Waals surface area contributed by atoms with Gasteiger partial charge in [0.05, 0.1) is 21.5 Å². The summed E-state index contributed by atoms with van der Waals surface area (Å²) in [5.74, 6) is -0.471. The van der Waals surface area contributed by atoms with E-state index in [1.54, 1.807) is 47.4 Å². The highest BCUT2D eigenvalue weighted by molar-refractivity contribution is 7.22. The highest BCUT2D eigenvalue weighted by Gasteiger charge is 2.30. The number of fused-ring (bicyclic) bond motifs is 1. The summed E-state index contributed by atoms with van der Waals surface area (Å²) in [6.07, 6.45) is 6.22. The molecule has 0 saturated heterocycles. The van der Waals surface area contributed by atoms with E-state index in [1.165, 1.54) is 23.5 Å². The molecule has 2 heterocycles. The summed E-state index contributed by atoms with van der Waals surface area (Å²) in [5.41, 5.74) is 1.90. The van der Waals surface area contributed by atoms with Gasteiger partial charge >= 0.3 is 0 Å². The lowest BCUT2D eigenvalue weighted by molar-refractivity contribution is 0.0935. The second-order valence-electron chi connectivity index (χ2n) is 7.50. The van der Waals surface area contributed by atoms with Crippen LogP contribution in [0.2, 0.25) is 5.02 Å². The number of rotatable bonds is 5. The third-order valence-electron chi connectivity index (χ3n) is 5.45. The van der Waals surface area contributed by atoms with Crippen molar-refractivity contribution >= 4 is 44.2 Å². The molecule has 9 heteroatoms. The summed E-state index contributed by atoms with van der Waals surface area (Å²) < 4.78 is 15.9. The van der Waals surface area contributed by atoms with Crippen LogP contribution in [0, 0.1) is 5.82 Å². The van der Waals surface area contributed by atoms with Gasteiger partial charge in [0, 0.05) is 29.5 Å². The van der Waals surface area contributed by atoms with Crippen molar-refractivity contribution in [2.75, 3.05) is 5.32 Å². The number of nitrogens with zero attached hydrogens (tertiary/aromatic N) is 3. The monoisotopic (exact) mass is 455 g/mol. The van der Waals surface area contributed by atoms with E-state index in [4.69, 9.17) is 11.6 Å². The maximum atomic E-state index is 13.5. The Balaban J connectivity index is 1.34. The molecule has 5 rings (SSSR count). The number of nitrogens with one attached hydrogen (secondary N) is 2. The van der Waals surface area contributed by atoms with Gasteiger partial charge in [0.2, 0.25) is 0 Å². The zero-order valence-corrected chi connectivity index (χ0v) is 18.0. The predicted octanol–water partition coefficient (Wildman–Crippen LogP) is 5.04. The van der Waals surface area contributed by atoms with Crippen LogP contribution in [0.25, 0.3) is 15.9 Å². The first-order chi connectivity index (χ1) is 15.1. The Morgan fingerprint density at radius 3 is 2.90 bits per heavy atom. The Kier molecular flexibility index (Phi) is 5.33. The third-order valence-corrected chi connectivity index (χ3v) is 6.63. The topological polar surface area (TPSA) is 71.8 Å². The molecule has 1 aliphatic rings. The standard InChI is InChI=1S/C22H19ClFN5OS/c23-13-5-8-19(29-10-2-9-25-29)15(11-13)21(30)26-16-3-1-4-17(16)27-22-28-18-7-6-14(24)12-20(18)31-22/h2,5-12,16-17H,1,3-4H2,(H,26,30)(H,27,28)/t16-,17+/m0/s1. The zero-order valence-electron chi connectivity index (χ0n) is 16.4.